The smallest absolute Gasteiger partial charge is 0.223 e. The van der Waals surface area contributed by atoms with Crippen molar-refractivity contribution in [3.8, 4) is 0 Å². The molecule has 1 fully saturated rings. The maximum Gasteiger partial charge on any atom is 0.223 e. The average molecular weight is 326 g/mol. The number of amides is 1. The molecule has 0 N–H and O–H groups in total. The molecular formula is C16H20ClNO2S. The molecule has 1 heterocycles. The van der Waals surface area contributed by atoms with E-state index in [0.717, 1.165) is 25.1 Å². The second-order valence-corrected chi connectivity index (χ2v) is 6.71. The predicted octanol–water partition coefficient (Wildman–Crippen LogP) is 3.51. The van der Waals surface area contributed by atoms with Crippen molar-refractivity contribution in [3.63, 3.8) is 0 Å². The van der Waals surface area contributed by atoms with Gasteiger partial charge in [0.1, 0.15) is 0 Å². The quantitative estimate of drug-likeness (QED) is 0.777. The molecule has 3 nitrogen and oxygen atoms in total. The SMILES string of the molecule is CSCCC(=O)N1CCC[C@H](C(=O)c2ccc(Cl)cc2)C1. The number of thioether (sulfide) groups is 1. The van der Waals surface area contributed by atoms with Crippen molar-refractivity contribution in [2.24, 2.45) is 5.92 Å². The van der Waals surface area contributed by atoms with Crippen LogP contribution in [-0.2, 0) is 4.79 Å². The van der Waals surface area contributed by atoms with Gasteiger partial charge in [-0.15, -0.1) is 0 Å². The van der Waals surface area contributed by atoms with Gasteiger partial charge in [0.2, 0.25) is 5.91 Å². The number of halogens is 1. The summed E-state index contributed by atoms with van der Waals surface area (Å²) in [5.74, 6) is 1.04. The Morgan fingerprint density at radius 3 is 2.71 bits per heavy atom. The maximum atomic E-state index is 12.5. The number of hydrogen-bond acceptors (Lipinski definition) is 3. The minimum atomic E-state index is -0.0850. The molecule has 1 amide bonds. The predicted molar refractivity (Wildman–Crippen MR) is 88.1 cm³/mol. The highest BCUT2D eigenvalue weighted by molar-refractivity contribution is 7.98. The number of carbonyl (C=O) groups is 2. The largest absolute Gasteiger partial charge is 0.342 e. The average Bonchev–Trinajstić information content (AvgIpc) is 2.52. The third-order valence-electron chi connectivity index (χ3n) is 3.79. The van der Waals surface area contributed by atoms with Crippen LogP contribution in [0.5, 0.6) is 0 Å². The van der Waals surface area contributed by atoms with Gasteiger partial charge in [-0.25, -0.2) is 0 Å². The zero-order chi connectivity index (χ0) is 15.2. The van der Waals surface area contributed by atoms with Crippen LogP contribution in [0.15, 0.2) is 24.3 Å². The molecule has 1 aliphatic heterocycles. The van der Waals surface area contributed by atoms with Crippen molar-refractivity contribution < 1.29 is 9.59 Å². The van der Waals surface area contributed by atoms with Gasteiger partial charge in [0.05, 0.1) is 0 Å². The summed E-state index contributed by atoms with van der Waals surface area (Å²) in [4.78, 5) is 26.4. The molecule has 0 spiro atoms. The van der Waals surface area contributed by atoms with Crippen molar-refractivity contribution in [2.75, 3.05) is 25.1 Å². The van der Waals surface area contributed by atoms with E-state index in [2.05, 4.69) is 0 Å². The minimum absolute atomic E-state index is 0.0850. The molecule has 0 unspecified atom stereocenters. The van der Waals surface area contributed by atoms with Crippen LogP contribution in [0, 0.1) is 5.92 Å². The van der Waals surface area contributed by atoms with Crippen LogP contribution in [0.3, 0.4) is 0 Å². The van der Waals surface area contributed by atoms with Crippen LogP contribution >= 0.6 is 23.4 Å². The fraction of sp³-hybridized carbons (Fsp3) is 0.500. The van der Waals surface area contributed by atoms with Gasteiger partial charge >= 0.3 is 0 Å². The van der Waals surface area contributed by atoms with E-state index in [-0.39, 0.29) is 17.6 Å². The molecule has 1 aliphatic rings. The molecule has 0 aromatic heterocycles. The molecule has 0 aliphatic carbocycles. The van der Waals surface area contributed by atoms with Gasteiger partial charge in [0, 0.05) is 41.8 Å². The molecule has 2 rings (SSSR count). The van der Waals surface area contributed by atoms with Gasteiger partial charge in [0.15, 0.2) is 5.78 Å². The lowest BCUT2D eigenvalue weighted by Gasteiger charge is -2.32. The minimum Gasteiger partial charge on any atom is -0.342 e. The Morgan fingerprint density at radius 2 is 2.05 bits per heavy atom. The first kappa shape index (κ1) is 16.4. The molecule has 0 radical (unpaired) electrons. The van der Waals surface area contributed by atoms with Crippen LogP contribution in [0.4, 0.5) is 0 Å². The van der Waals surface area contributed by atoms with Gasteiger partial charge in [-0.3, -0.25) is 9.59 Å². The van der Waals surface area contributed by atoms with Gasteiger partial charge < -0.3 is 4.90 Å². The summed E-state index contributed by atoms with van der Waals surface area (Å²) in [6.07, 6.45) is 4.31. The number of benzene rings is 1. The second kappa shape index (κ2) is 7.85. The van der Waals surface area contributed by atoms with E-state index in [1.54, 1.807) is 36.0 Å². The molecule has 114 valence electrons. The molecule has 0 saturated carbocycles. The zero-order valence-corrected chi connectivity index (χ0v) is 13.8. The molecule has 1 atom stereocenters. The number of Topliss-reactive ketones (excluding diaryl/α,β-unsaturated/α-hetero) is 1. The standard InChI is InChI=1S/C16H20ClNO2S/c1-21-10-8-15(19)18-9-2-3-13(11-18)16(20)12-4-6-14(17)7-5-12/h4-7,13H,2-3,8-11H2,1H3/t13-/m0/s1. The van der Waals surface area contributed by atoms with E-state index >= 15 is 0 Å². The number of hydrogen-bond donors (Lipinski definition) is 0. The molecule has 1 aromatic carbocycles. The lowest BCUT2D eigenvalue weighted by atomic mass is 9.90. The Labute approximate surface area is 135 Å². The number of likely N-dealkylation sites (tertiary alicyclic amines) is 1. The molecule has 5 heteroatoms. The fourth-order valence-corrected chi connectivity index (χ4v) is 3.12. The Balaban J connectivity index is 1.98. The lowest BCUT2D eigenvalue weighted by molar-refractivity contribution is -0.132. The summed E-state index contributed by atoms with van der Waals surface area (Å²) in [5, 5.41) is 0.629. The first-order valence-electron chi connectivity index (χ1n) is 7.18. The molecule has 21 heavy (non-hydrogen) atoms. The Hall–Kier alpha value is -1.00. The number of piperidine rings is 1. The van der Waals surface area contributed by atoms with E-state index in [1.807, 2.05) is 11.2 Å². The van der Waals surface area contributed by atoms with Crippen molar-refractivity contribution in [3.05, 3.63) is 34.9 Å². The number of ketones is 1. The van der Waals surface area contributed by atoms with Gasteiger partial charge in [-0.1, -0.05) is 11.6 Å². The van der Waals surface area contributed by atoms with E-state index in [0.29, 0.717) is 23.6 Å². The van der Waals surface area contributed by atoms with E-state index in [1.165, 1.54) is 0 Å². The Bertz CT molecular complexity index is 504. The first-order valence-corrected chi connectivity index (χ1v) is 8.95. The van der Waals surface area contributed by atoms with E-state index in [4.69, 9.17) is 11.6 Å². The molecule has 1 saturated heterocycles. The summed E-state index contributed by atoms with van der Waals surface area (Å²) in [6.45, 7) is 1.33. The van der Waals surface area contributed by atoms with Gasteiger partial charge in [-0.2, -0.15) is 11.8 Å². The number of nitrogens with zero attached hydrogens (tertiary/aromatic N) is 1. The Kier molecular flexibility index (Phi) is 6.12. The molecular weight excluding hydrogens is 306 g/mol. The van der Waals surface area contributed by atoms with E-state index < -0.39 is 0 Å². The highest BCUT2D eigenvalue weighted by Gasteiger charge is 2.28. The highest BCUT2D eigenvalue weighted by atomic mass is 35.5. The van der Waals surface area contributed by atoms with Crippen LogP contribution < -0.4 is 0 Å². The van der Waals surface area contributed by atoms with Crippen molar-refractivity contribution in [1.82, 2.24) is 4.90 Å². The summed E-state index contributed by atoms with van der Waals surface area (Å²) >= 11 is 7.52. The third kappa shape index (κ3) is 4.48. The summed E-state index contributed by atoms with van der Waals surface area (Å²) in [5.41, 5.74) is 0.683. The normalized spacial score (nSPS) is 18.6. The third-order valence-corrected chi connectivity index (χ3v) is 4.66. The Morgan fingerprint density at radius 1 is 1.33 bits per heavy atom. The summed E-state index contributed by atoms with van der Waals surface area (Å²) < 4.78 is 0. The maximum absolute atomic E-state index is 12.5. The van der Waals surface area contributed by atoms with Crippen molar-refractivity contribution in [1.29, 1.82) is 0 Å². The zero-order valence-electron chi connectivity index (χ0n) is 12.2. The van der Waals surface area contributed by atoms with Gasteiger partial charge in [-0.05, 0) is 43.4 Å². The van der Waals surface area contributed by atoms with Crippen LogP contribution in [0.25, 0.3) is 0 Å². The van der Waals surface area contributed by atoms with Crippen LogP contribution in [-0.4, -0.2) is 41.7 Å². The summed E-state index contributed by atoms with van der Waals surface area (Å²) in [6, 6.07) is 7.00. The lowest BCUT2D eigenvalue weighted by Crippen LogP contribution is -2.42. The van der Waals surface area contributed by atoms with Crippen LogP contribution in [0.2, 0.25) is 5.02 Å². The number of carbonyl (C=O) groups excluding carboxylic acids is 2. The molecule has 1 aromatic rings. The second-order valence-electron chi connectivity index (χ2n) is 5.29. The van der Waals surface area contributed by atoms with Crippen molar-refractivity contribution >= 4 is 35.1 Å². The van der Waals surface area contributed by atoms with Crippen molar-refractivity contribution in [2.45, 2.75) is 19.3 Å². The first-order chi connectivity index (χ1) is 10.1. The van der Waals surface area contributed by atoms with E-state index in [9.17, 15) is 9.59 Å². The molecule has 0 bridgehead atoms. The van der Waals surface area contributed by atoms with Gasteiger partial charge in [0.25, 0.3) is 0 Å². The fourth-order valence-electron chi connectivity index (χ4n) is 2.62. The monoisotopic (exact) mass is 325 g/mol. The van der Waals surface area contributed by atoms with Crippen LogP contribution in [0.1, 0.15) is 29.6 Å². The summed E-state index contributed by atoms with van der Waals surface area (Å²) in [7, 11) is 0. The number of rotatable bonds is 5. The topological polar surface area (TPSA) is 37.4 Å². The highest BCUT2D eigenvalue weighted by Crippen LogP contribution is 2.22.